The fourth-order valence-corrected chi connectivity index (χ4v) is 5.48. The molecule has 0 bridgehead atoms. The quantitative estimate of drug-likeness (QED) is 0.242. The van der Waals surface area contributed by atoms with Crippen molar-refractivity contribution in [1.82, 2.24) is 15.0 Å². The normalized spacial score (nSPS) is 15.1. The van der Waals surface area contributed by atoms with Crippen molar-refractivity contribution in [3.05, 3.63) is 36.2 Å². The Morgan fingerprint density at radius 1 is 1.23 bits per heavy atom. The van der Waals surface area contributed by atoms with Gasteiger partial charge in [-0.3, -0.25) is 14.8 Å². The van der Waals surface area contributed by atoms with Crippen molar-refractivity contribution < 1.29 is 37.4 Å². The molecule has 10 nitrogen and oxygen atoms in total. The van der Waals surface area contributed by atoms with Crippen LogP contribution in [-0.4, -0.2) is 87.5 Å². The molecular formula is C25H33F2N4NaO6S. The van der Waals surface area contributed by atoms with Gasteiger partial charge in [-0.15, -0.1) is 0 Å². The number of carboxylic acids is 1. The maximum atomic E-state index is 12.6. The van der Waals surface area contributed by atoms with Crippen LogP contribution < -0.4 is 19.9 Å². The van der Waals surface area contributed by atoms with E-state index in [1.54, 1.807) is 6.07 Å². The summed E-state index contributed by atoms with van der Waals surface area (Å²) in [5.74, 6) is 0.190. The van der Waals surface area contributed by atoms with Gasteiger partial charge in [-0.2, -0.15) is 13.8 Å². The number of alkyl halides is 2. The Morgan fingerprint density at radius 2 is 1.95 bits per heavy atom. The number of H-pyrrole nitrogens is 1. The number of imidazole rings is 1. The van der Waals surface area contributed by atoms with E-state index in [1.165, 1.54) is 45.0 Å². The average Bonchev–Trinajstić information content (AvgIpc) is 3.32. The van der Waals surface area contributed by atoms with Crippen molar-refractivity contribution in [3.8, 4) is 17.2 Å². The summed E-state index contributed by atoms with van der Waals surface area (Å²) in [6.45, 7) is -2.40. The van der Waals surface area contributed by atoms with Crippen LogP contribution >= 0.6 is 0 Å². The zero-order valence-corrected chi connectivity index (χ0v) is 22.1. The molecule has 0 saturated heterocycles. The Bertz CT molecular complexity index is 1210. The van der Waals surface area contributed by atoms with E-state index in [1.807, 2.05) is 0 Å². The third-order valence-electron chi connectivity index (χ3n) is 6.38. The molecule has 1 aromatic carbocycles. The first-order valence-electron chi connectivity index (χ1n) is 12.0. The second-order valence-corrected chi connectivity index (χ2v) is 10.3. The maximum absolute atomic E-state index is 12.6. The number of hydrogen-bond acceptors (Lipinski definition) is 8. The minimum absolute atomic E-state index is 0. The van der Waals surface area contributed by atoms with Gasteiger partial charge in [0.25, 0.3) is 0 Å². The second-order valence-electron chi connectivity index (χ2n) is 8.92. The van der Waals surface area contributed by atoms with Crippen LogP contribution in [0.5, 0.6) is 17.2 Å². The van der Waals surface area contributed by atoms with Gasteiger partial charge in [0.1, 0.15) is 11.4 Å². The third kappa shape index (κ3) is 9.19. The SMILES string of the molecule is COc1ccnc(C[S+]([O-])c2nc3cc(OC(F)F)ccc3[nH]2)c1OC.NCC1(CC(=O)O)CCCCC1.[NaH]. The summed E-state index contributed by atoms with van der Waals surface area (Å²) in [4.78, 5) is 21.9. The minimum atomic E-state index is -2.92. The van der Waals surface area contributed by atoms with Crippen LogP contribution in [0.2, 0.25) is 0 Å². The molecule has 1 atom stereocenters. The van der Waals surface area contributed by atoms with E-state index in [9.17, 15) is 18.1 Å². The van der Waals surface area contributed by atoms with Crippen LogP contribution in [0, 0.1) is 5.41 Å². The van der Waals surface area contributed by atoms with Gasteiger partial charge in [0.15, 0.2) is 17.3 Å². The van der Waals surface area contributed by atoms with Crippen LogP contribution in [0.1, 0.15) is 44.2 Å². The molecule has 2 aromatic heterocycles. The number of carboxylic acid groups (broad SMARTS) is 1. The molecule has 1 fully saturated rings. The molecule has 14 heteroatoms. The van der Waals surface area contributed by atoms with Gasteiger partial charge in [-0.05, 0) is 36.9 Å². The molecule has 210 valence electrons. The zero-order chi connectivity index (χ0) is 27.7. The first-order valence-corrected chi connectivity index (χ1v) is 13.3. The van der Waals surface area contributed by atoms with E-state index in [4.69, 9.17) is 20.3 Å². The van der Waals surface area contributed by atoms with Gasteiger partial charge in [-0.25, -0.2) is 0 Å². The standard InChI is InChI=1S/C16H15F2N3O4S.C9H17NO2.Na.H/c1-23-13-5-6-19-12(14(13)24-2)8-26(22)16-20-10-4-3-9(25-15(17)18)7-11(10)21-16;10-7-9(6-8(11)12)4-2-1-3-5-9;;/h3-7,15H,8H2,1-2H3,(H,20,21);1-7,10H2,(H,11,12);;. The van der Waals surface area contributed by atoms with E-state index < -0.39 is 23.8 Å². The topological polar surface area (TPSA) is 156 Å². The number of nitrogens with one attached hydrogen (secondary N) is 1. The number of benzene rings is 1. The van der Waals surface area contributed by atoms with Crippen molar-refractivity contribution in [3.63, 3.8) is 0 Å². The molecule has 0 spiro atoms. The summed E-state index contributed by atoms with van der Waals surface area (Å²) >= 11 is -1.56. The monoisotopic (exact) mass is 578 g/mol. The molecule has 2 heterocycles. The number of halogens is 2. The number of aromatic nitrogens is 3. The second kappa shape index (κ2) is 15.6. The number of nitrogens with zero attached hydrogens (tertiary/aromatic N) is 2. The van der Waals surface area contributed by atoms with Crippen LogP contribution in [0.3, 0.4) is 0 Å². The summed E-state index contributed by atoms with van der Waals surface area (Å²) in [5.41, 5.74) is 6.92. The van der Waals surface area contributed by atoms with Gasteiger partial charge in [-0.1, -0.05) is 19.3 Å². The van der Waals surface area contributed by atoms with Gasteiger partial charge < -0.3 is 29.6 Å². The Kier molecular flexibility index (Phi) is 13.2. The number of aliphatic carboxylic acids is 1. The van der Waals surface area contributed by atoms with E-state index in [-0.39, 0.29) is 58.1 Å². The Labute approximate surface area is 250 Å². The Morgan fingerprint density at radius 3 is 2.54 bits per heavy atom. The summed E-state index contributed by atoms with van der Waals surface area (Å²) in [6, 6.07) is 5.90. The molecule has 3 aromatic rings. The number of aromatic amines is 1. The molecule has 1 saturated carbocycles. The third-order valence-corrected chi connectivity index (χ3v) is 7.54. The molecule has 1 aliphatic carbocycles. The number of nitrogens with two attached hydrogens (primary N) is 1. The van der Waals surface area contributed by atoms with Crippen LogP contribution in [0.4, 0.5) is 8.78 Å². The fraction of sp³-hybridized carbons (Fsp3) is 0.480. The van der Waals surface area contributed by atoms with Crippen molar-refractivity contribution in [2.24, 2.45) is 11.1 Å². The molecule has 0 radical (unpaired) electrons. The number of methoxy groups -OCH3 is 2. The Balaban J connectivity index is 0.000000346. The zero-order valence-electron chi connectivity index (χ0n) is 21.2. The van der Waals surface area contributed by atoms with Gasteiger partial charge in [0.2, 0.25) is 0 Å². The summed E-state index contributed by atoms with van der Waals surface area (Å²) in [6.07, 6.45) is 7.30. The predicted molar refractivity (Wildman–Crippen MR) is 144 cm³/mol. The number of hydrogen-bond donors (Lipinski definition) is 3. The van der Waals surface area contributed by atoms with Crippen LogP contribution in [0.15, 0.2) is 35.6 Å². The molecule has 4 N–H and O–H groups in total. The molecule has 0 amide bonds. The van der Waals surface area contributed by atoms with E-state index in [0.717, 1.165) is 25.7 Å². The molecular weight excluding hydrogens is 545 g/mol. The number of pyridine rings is 1. The summed E-state index contributed by atoms with van der Waals surface area (Å²) in [7, 11) is 2.97. The van der Waals surface area contributed by atoms with E-state index in [0.29, 0.717) is 34.8 Å². The van der Waals surface area contributed by atoms with Crippen LogP contribution in [-0.2, 0) is 21.7 Å². The molecule has 39 heavy (non-hydrogen) atoms. The first kappa shape index (κ1) is 33.0. The van der Waals surface area contributed by atoms with Crippen molar-refractivity contribution in [1.29, 1.82) is 0 Å². The van der Waals surface area contributed by atoms with E-state index in [2.05, 4.69) is 19.7 Å². The number of rotatable bonds is 10. The molecule has 0 aliphatic heterocycles. The van der Waals surface area contributed by atoms with Crippen molar-refractivity contribution in [2.45, 2.75) is 56.0 Å². The predicted octanol–water partition coefficient (Wildman–Crippen LogP) is 3.61. The number of ether oxygens (including phenoxy) is 3. The number of fused-ring (bicyclic) bond motifs is 1. The summed E-state index contributed by atoms with van der Waals surface area (Å²) < 4.78 is 52.1. The van der Waals surface area contributed by atoms with Gasteiger partial charge in [0.05, 0.1) is 31.7 Å². The Hall–Kier alpha value is -2.16. The molecule has 1 unspecified atom stereocenters. The number of carbonyl (C=O) groups is 1. The van der Waals surface area contributed by atoms with Gasteiger partial charge >= 0.3 is 47.3 Å². The van der Waals surface area contributed by atoms with Gasteiger partial charge in [0, 0.05) is 29.5 Å². The first-order chi connectivity index (χ1) is 18.2. The summed E-state index contributed by atoms with van der Waals surface area (Å²) in [5, 5.41) is 8.90. The fourth-order valence-electron chi connectivity index (χ4n) is 4.47. The van der Waals surface area contributed by atoms with E-state index >= 15 is 0 Å². The molecule has 4 rings (SSSR count). The molecule has 1 aliphatic rings. The van der Waals surface area contributed by atoms with Crippen LogP contribution in [0.25, 0.3) is 11.0 Å². The van der Waals surface area contributed by atoms with Crippen molar-refractivity contribution in [2.75, 3.05) is 20.8 Å². The van der Waals surface area contributed by atoms with Crippen molar-refractivity contribution >= 4 is 57.7 Å². The average molecular weight is 579 g/mol.